The molecule has 0 aliphatic rings. The van der Waals surface area contributed by atoms with Gasteiger partial charge < -0.3 is 19.3 Å². The number of rotatable bonds is 9. The highest BCUT2D eigenvalue weighted by Gasteiger charge is 2.31. The number of nitrogens with zero attached hydrogens (tertiary/aromatic N) is 1. The van der Waals surface area contributed by atoms with Crippen LogP contribution in [0.2, 0.25) is 0 Å². The second-order valence-corrected chi connectivity index (χ2v) is 6.77. The number of carbonyl (C=O) groups excluding carboxylic acids is 1. The number of ketones is 1. The predicted molar refractivity (Wildman–Crippen MR) is 113 cm³/mol. The van der Waals surface area contributed by atoms with Crippen LogP contribution < -0.4 is 15.0 Å². The standard InChI is InChI=1S/C23H19F3N2O5/c1-31-18-7-2-15(3-8-18)14-32-28-20(17-6-11-22(30)27-13-17)12-21(29)16-4-9-19(10-5-16)33-23(24,25)26/h2-11,13H,12,14H2,1H3,(H,27,30)/b28-20+. The third-order valence-corrected chi connectivity index (χ3v) is 4.42. The average Bonchev–Trinajstić information content (AvgIpc) is 2.79. The molecule has 0 aliphatic heterocycles. The van der Waals surface area contributed by atoms with Gasteiger partial charge in [-0.15, -0.1) is 13.2 Å². The fraction of sp³-hybridized carbons (Fsp3) is 0.174. The summed E-state index contributed by atoms with van der Waals surface area (Å²) in [5.74, 6) is -0.156. The highest BCUT2D eigenvalue weighted by atomic mass is 19.4. The van der Waals surface area contributed by atoms with E-state index in [9.17, 15) is 22.8 Å². The molecule has 172 valence electrons. The molecule has 7 nitrogen and oxygen atoms in total. The van der Waals surface area contributed by atoms with Crippen LogP contribution >= 0.6 is 0 Å². The second kappa shape index (κ2) is 10.5. The Bertz CT molecular complexity index is 1150. The lowest BCUT2D eigenvalue weighted by Gasteiger charge is -2.10. The van der Waals surface area contributed by atoms with Crippen LogP contribution in [0, 0.1) is 0 Å². The Morgan fingerprint density at radius 3 is 2.15 bits per heavy atom. The topological polar surface area (TPSA) is 90.0 Å². The number of methoxy groups -OCH3 is 1. The zero-order valence-electron chi connectivity index (χ0n) is 17.4. The van der Waals surface area contributed by atoms with E-state index >= 15 is 0 Å². The van der Waals surface area contributed by atoms with E-state index in [1.54, 1.807) is 31.4 Å². The van der Waals surface area contributed by atoms with Crippen LogP contribution in [0.3, 0.4) is 0 Å². The Balaban J connectivity index is 1.74. The van der Waals surface area contributed by atoms with Crippen molar-refractivity contribution in [3.63, 3.8) is 0 Å². The monoisotopic (exact) mass is 460 g/mol. The summed E-state index contributed by atoms with van der Waals surface area (Å²) in [6, 6.07) is 14.5. The summed E-state index contributed by atoms with van der Waals surface area (Å²) < 4.78 is 45.9. The third kappa shape index (κ3) is 7.23. The van der Waals surface area contributed by atoms with Gasteiger partial charge in [0, 0.05) is 23.4 Å². The fourth-order valence-corrected chi connectivity index (χ4v) is 2.78. The lowest BCUT2D eigenvalue weighted by molar-refractivity contribution is -0.274. The van der Waals surface area contributed by atoms with E-state index in [1.165, 1.54) is 30.5 Å². The Hall–Kier alpha value is -4.08. The van der Waals surface area contributed by atoms with E-state index in [0.717, 1.165) is 17.7 Å². The van der Waals surface area contributed by atoms with Crippen molar-refractivity contribution in [2.75, 3.05) is 7.11 Å². The molecule has 10 heteroatoms. The van der Waals surface area contributed by atoms with Crippen molar-refractivity contribution in [2.24, 2.45) is 5.16 Å². The summed E-state index contributed by atoms with van der Waals surface area (Å²) in [6.45, 7) is 0.120. The number of aromatic amines is 1. The van der Waals surface area contributed by atoms with Gasteiger partial charge in [-0.05, 0) is 48.0 Å². The van der Waals surface area contributed by atoms with Crippen molar-refractivity contribution in [3.05, 3.63) is 93.9 Å². The summed E-state index contributed by atoms with van der Waals surface area (Å²) >= 11 is 0. The van der Waals surface area contributed by atoms with Gasteiger partial charge in [-0.25, -0.2) is 0 Å². The number of H-pyrrole nitrogens is 1. The van der Waals surface area contributed by atoms with Crippen molar-refractivity contribution < 1.29 is 32.3 Å². The number of pyridine rings is 1. The number of hydrogen-bond acceptors (Lipinski definition) is 6. The molecule has 1 aromatic heterocycles. The Labute approximate surface area is 186 Å². The maximum Gasteiger partial charge on any atom is 0.573 e. The maximum atomic E-state index is 12.7. The molecule has 33 heavy (non-hydrogen) atoms. The van der Waals surface area contributed by atoms with E-state index < -0.39 is 17.9 Å². The van der Waals surface area contributed by atoms with Gasteiger partial charge in [0.15, 0.2) is 5.78 Å². The summed E-state index contributed by atoms with van der Waals surface area (Å²) in [4.78, 5) is 32.0. The maximum absolute atomic E-state index is 12.7. The molecule has 0 aliphatic carbocycles. The molecule has 3 rings (SSSR count). The Morgan fingerprint density at radius 1 is 0.939 bits per heavy atom. The largest absolute Gasteiger partial charge is 0.573 e. The lowest BCUT2D eigenvalue weighted by atomic mass is 10.0. The number of ether oxygens (including phenoxy) is 2. The van der Waals surface area contributed by atoms with E-state index in [2.05, 4.69) is 14.9 Å². The van der Waals surface area contributed by atoms with Gasteiger partial charge in [-0.3, -0.25) is 9.59 Å². The van der Waals surface area contributed by atoms with Crippen LogP contribution in [0.15, 0.2) is 76.8 Å². The van der Waals surface area contributed by atoms with Crippen LogP contribution in [0.5, 0.6) is 11.5 Å². The summed E-state index contributed by atoms with van der Waals surface area (Å²) in [7, 11) is 1.56. The molecule has 0 atom stereocenters. The molecule has 1 heterocycles. The van der Waals surface area contributed by atoms with Gasteiger partial charge in [0.25, 0.3) is 0 Å². The number of hydrogen-bond donors (Lipinski definition) is 1. The second-order valence-electron chi connectivity index (χ2n) is 6.77. The minimum atomic E-state index is -4.82. The molecule has 3 aromatic rings. The van der Waals surface area contributed by atoms with Crippen molar-refractivity contribution in [2.45, 2.75) is 19.4 Å². The molecular weight excluding hydrogens is 441 g/mol. The summed E-state index contributed by atoms with van der Waals surface area (Å²) in [5, 5.41) is 4.06. The van der Waals surface area contributed by atoms with Crippen LogP contribution in [0.4, 0.5) is 13.2 Å². The van der Waals surface area contributed by atoms with Crippen LogP contribution in [-0.2, 0) is 11.4 Å². The van der Waals surface area contributed by atoms with Crippen molar-refractivity contribution in [3.8, 4) is 11.5 Å². The Morgan fingerprint density at radius 2 is 1.58 bits per heavy atom. The van der Waals surface area contributed by atoms with E-state index in [4.69, 9.17) is 9.57 Å². The zero-order valence-corrected chi connectivity index (χ0v) is 17.4. The van der Waals surface area contributed by atoms with Gasteiger partial charge in [0.05, 0.1) is 19.2 Å². The van der Waals surface area contributed by atoms with Gasteiger partial charge >= 0.3 is 6.36 Å². The molecule has 1 N–H and O–H groups in total. The first kappa shape index (κ1) is 23.6. The number of Topliss-reactive ketones (excluding diaryl/α,β-unsaturated/α-hetero) is 1. The molecule has 0 bridgehead atoms. The number of benzene rings is 2. The minimum absolute atomic E-state index is 0.120. The molecule has 0 radical (unpaired) electrons. The highest BCUT2D eigenvalue weighted by molar-refractivity contribution is 6.15. The number of aromatic nitrogens is 1. The van der Waals surface area contributed by atoms with Gasteiger partial charge in [0.1, 0.15) is 18.1 Å². The third-order valence-electron chi connectivity index (χ3n) is 4.42. The molecule has 0 fully saturated rings. The van der Waals surface area contributed by atoms with E-state index in [-0.39, 0.29) is 29.9 Å². The summed E-state index contributed by atoms with van der Waals surface area (Å²) in [5.41, 5.74) is 1.34. The SMILES string of the molecule is COc1ccc(CO/N=C(\CC(=O)c2ccc(OC(F)(F)F)cc2)c2ccc(=O)[nH]c2)cc1. The average molecular weight is 460 g/mol. The highest BCUT2D eigenvalue weighted by Crippen LogP contribution is 2.23. The fourth-order valence-electron chi connectivity index (χ4n) is 2.78. The molecular formula is C23H19F3N2O5. The van der Waals surface area contributed by atoms with E-state index in [1.807, 2.05) is 0 Å². The van der Waals surface area contributed by atoms with Gasteiger partial charge in [0.2, 0.25) is 5.56 Å². The normalized spacial score (nSPS) is 11.7. The predicted octanol–water partition coefficient (Wildman–Crippen LogP) is 4.48. The molecule has 0 spiro atoms. The number of alkyl halides is 3. The Kier molecular flexibility index (Phi) is 7.50. The van der Waals surface area contributed by atoms with E-state index in [0.29, 0.717) is 11.3 Å². The van der Waals surface area contributed by atoms with Crippen LogP contribution in [0.25, 0.3) is 0 Å². The molecule has 0 unspecified atom stereocenters. The minimum Gasteiger partial charge on any atom is -0.497 e. The number of halogens is 3. The first-order valence-electron chi connectivity index (χ1n) is 9.63. The molecule has 0 saturated carbocycles. The lowest BCUT2D eigenvalue weighted by Crippen LogP contribution is -2.17. The zero-order chi connectivity index (χ0) is 23.8. The molecule has 0 amide bonds. The smallest absolute Gasteiger partial charge is 0.497 e. The first-order chi connectivity index (χ1) is 15.7. The number of nitrogens with one attached hydrogen (secondary N) is 1. The molecule has 0 saturated heterocycles. The van der Waals surface area contributed by atoms with Gasteiger partial charge in [-0.1, -0.05) is 17.3 Å². The van der Waals surface area contributed by atoms with Crippen molar-refractivity contribution in [1.29, 1.82) is 0 Å². The quantitative estimate of drug-likeness (QED) is 0.289. The van der Waals surface area contributed by atoms with Crippen LogP contribution in [0.1, 0.15) is 27.9 Å². The number of oxime groups is 1. The van der Waals surface area contributed by atoms with Crippen molar-refractivity contribution >= 4 is 11.5 Å². The number of carbonyl (C=O) groups is 1. The van der Waals surface area contributed by atoms with Gasteiger partial charge in [-0.2, -0.15) is 0 Å². The van der Waals surface area contributed by atoms with Crippen LogP contribution in [-0.4, -0.2) is 30.0 Å². The molecule has 2 aromatic carbocycles. The van der Waals surface area contributed by atoms with Crippen molar-refractivity contribution in [1.82, 2.24) is 4.98 Å². The summed E-state index contributed by atoms with van der Waals surface area (Å²) in [6.07, 6.45) is -3.64. The first-order valence-corrected chi connectivity index (χ1v) is 9.63.